The second-order valence-electron chi connectivity index (χ2n) is 5.52. The standard InChI is InChI=1S/C15H19N5O/c1-9-5-6-12(16)11(8-9)15(21)17-10(2)14-19-18-13-4-3-7-20(13)14/h5-6,8,10H,3-4,7,16H2,1-2H3,(H,17,21). The molecule has 0 fully saturated rings. The molecule has 0 bridgehead atoms. The van der Waals surface area contributed by atoms with Crippen LogP contribution in [0.5, 0.6) is 0 Å². The first-order valence-electron chi connectivity index (χ1n) is 7.15. The van der Waals surface area contributed by atoms with E-state index in [1.807, 2.05) is 19.9 Å². The van der Waals surface area contributed by atoms with Crippen molar-refractivity contribution in [1.82, 2.24) is 20.1 Å². The number of nitrogens with two attached hydrogens (primary N) is 1. The van der Waals surface area contributed by atoms with Gasteiger partial charge >= 0.3 is 0 Å². The molecule has 3 rings (SSSR count). The van der Waals surface area contributed by atoms with Crippen molar-refractivity contribution in [1.29, 1.82) is 0 Å². The molecule has 2 aromatic rings. The predicted molar refractivity (Wildman–Crippen MR) is 79.8 cm³/mol. The smallest absolute Gasteiger partial charge is 0.253 e. The lowest BCUT2D eigenvalue weighted by atomic mass is 10.1. The molecule has 0 radical (unpaired) electrons. The molecular weight excluding hydrogens is 266 g/mol. The molecule has 1 unspecified atom stereocenters. The Morgan fingerprint density at radius 1 is 1.43 bits per heavy atom. The molecule has 1 aliphatic rings. The number of nitrogen functional groups attached to an aromatic ring is 1. The van der Waals surface area contributed by atoms with Gasteiger partial charge in [0.2, 0.25) is 0 Å². The number of amides is 1. The summed E-state index contributed by atoms with van der Waals surface area (Å²) in [5.41, 5.74) is 7.87. The topological polar surface area (TPSA) is 85.8 Å². The van der Waals surface area contributed by atoms with E-state index < -0.39 is 0 Å². The maximum absolute atomic E-state index is 12.4. The van der Waals surface area contributed by atoms with Crippen molar-refractivity contribution < 1.29 is 4.79 Å². The van der Waals surface area contributed by atoms with Crippen LogP contribution >= 0.6 is 0 Å². The van der Waals surface area contributed by atoms with Crippen molar-refractivity contribution >= 4 is 11.6 Å². The van der Waals surface area contributed by atoms with Gasteiger partial charge in [0.15, 0.2) is 5.82 Å². The van der Waals surface area contributed by atoms with Crippen molar-refractivity contribution in [2.24, 2.45) is 0 Å². The Morgan fingerprint density at radius 2 is 2.24 bits per heavy atom. The lowest BCUT2D eigenvalue weighted by Crippen LogP contribution is -2.29. The first kappa shape index (κ1) is 13.6. The molecule has 6 nitrogen and oxygen atoms in total. The molecule has 6 heteroatoms. The van der Waals surface area contributed by atoms with E-state index in [1.54, 1.807) is 12.1 Å². The van der Waals surface area contributed by atoms with E-state index in [-0.39, 0.29) is 11.9 Å². The van der Waals surface area contributed by atoms with Crippen LogP contribution in [0.25, 0.3) is 0 Å². The Labute approximate surface area is 123 Å². The lowest BCUT2D eigenvalue weighted by molar-refractivity contribution is 0.0938. The summed E-state index contributed by atoms with van der Waals surface area (Å²) in [6.07, 6.45) is 2.04. The summed E-state index contributed by atoms with van der Waals surface area (Å²) >= 11 is 0. The fraction of sp³-hybridized carbons (Fsp3) is 0.400. The Balaban J connectivity index is 1.79. The van der Waals surface area contributed by atoms with Gasteiger partial charge in [-0.05, 0) is 32.4 Å². The zero-order valence-electron chi connectivity index (χ0n) is 12.3. The number of hydrogen-bond donors (Lipinski definition) is 2. The number of hydrogen-bond acceptors (Lipinski definition) is 4. The Bertz CT molecular complexity index is 691. The van der Waals surface area contributed by atoms with Gasteiger partial charge in [0, 0.05) is 18.7 Å². The summed E-state index contributed by atoms with van der Waals surface area (Å²) in [5.74, 6) is 1.63. The predicted octanol–water partition coefficient (Wildman–Crippen LogP) is 1.61. The highest BCUT2D eigenvalue weighted by Crippen LogP contribution is 2.20. The minimum Gasteiger partial charge on any atom is -0.398 e. The normalized spacial score (nSPS) is 14.8. The molecule has 1 atom stereocenters. The Hall–Kier alpha value is -2.37. The summed E-state index contributed by atoms with van der Waals surface area (Å²) in [7, 11) is 0. The van der Waals surface area contributed by atoms with Crippen LogP contribution in [0.15, 0.2) is 18.2 Å². The average Bonchev–Trinajstić information content (AvgIpc) is 3.03. The third-order valence-corrected chi connectivity index (χ3v) is 3.83. The quantitative estimate of drug-likeness (QED) is 0.839. The number of anilines is 1. The van der Waals surface area contributed by atoms with Crippen LogP contribution in [0.3, 0.4) is 0 Å². The van der Waals surface area contributed by atoms with E-state index in [0.717, 1.165) is 36.6 Å². The highest BCUT2D eigenvalue weighted by molar-refractivity contribution is 5.99. The summed E-state index contributed by atoms with van der Waals surface area (Å²) in [4.78, 5) is 12.4. The molecule has 1 aromatic carbocycles. The van der Waals surface area contributed by atoms with Crippen LogP contribution in [0.1, 0.15) is 47.0 Å². The number of aryl methyl sites for hydroxylation is 2. The van der Waals surface area contributed by atoms with Crippen molar-refractivity contribution in [2.45, 2.75) is 39.3 Å². The molecule has 110 valence electrons. The zero-order valence-corrected chi connectivity index (χ0v) is 12.3. The van der Waals surface area contributed by atoms with E-state index in [1.165, 1.54) is 0 Å². The first-order chi connectivity index (χ1) is 10.1. The van der Waals surface area contributed by atoms with Gasteiger partial charge < -0.3 is 15.6 Å². The van der Waals surface area contributed by atoms with Gasteiger partial charge in [-0.1, -0.05) is 11.6 Å². The fourth-order valence-corrected chi connectivity index (χ4v) is 2.70. The van der Waals surface area contributed by atoms with Crippen LogP contribution in [-0.2, 0) is 13.0 Å². The van der Waals surface area contributed by atoms with Crippen LogP contribution in [-0.4, -0.2) is 20.7 Å². The van der Waals surface area contributed by atoms with Gasteiger partial charge in [0.05, 0.1) is 11.6 Å². The number of benzene rings is 1. The SMILES string of the molecule is Cc1ccc(N)c(C(=O)NC(C)c2nnc3n2CCC3)c1. The van der Waals surface area contributed by atoms with Gasteiger partial charge in [-0.2, -0.15) is 0 Å². The van der Waals surface area contributed by atoms with Crippen LogP contribution in [0.2, 0.25) is 0 Å². The first-order valence-corrected chi connectivity index (χ1v) is 7.15. The van der Waals surface area contributed by atoms with Gasteiger partial charge in [-0.15, -0.1) is 10.2 Å². The molecule has 2 heterocycles. The van der Waals surface area contributed by atoms with Gasteiger partial charge in [-0.3, -0.25) is 4.79 Å². The molecule has 1 amide bonds. The molecule has 0 spiro atoms. The molecular formula is C15H19N5O. The maximum atomic E-state index is 12.4. The summed E-state index contributed by atoms with van der Waals surface area (Å²) in [6.45, 7) is 4.77. The van der Waals surface area contributed by atoms with Crippen molar-refractivity contribution in [3.63, 3.8) is 0 Å². The summed E-state index contributed by atoms with van der Waals surface area (Å²) in [6, 6.07) is 5.24. The number of carbonyl (C=O) groups excluding carboxylic acids is 1. The second kappa shape index (κ2) is 5.20. The van der Waals surface area contributed by atoms with Crippen molar-refractivity contribution in [2.75, 3.05) is 5.73 Å². The van der Waals surface area contributed by atoms with E-state index in [0.29, 0.717) is 11.3 Å². The number of aromatic nitrogens is 3. The van der Waals surface area contributed by atoms with Crippen molar-refractivity contribution in [3.8, 4) is 0 Å². The average molecular weight is 285 g/mol. The van der Waals surface area contributed by atoms with Gasteiger partial charge in [0.1, 0.15) is 5.82 Å². The molecule has 1 aliphatic heterocycles. The molecule has 21 heavy (non-hydrogen) atoms. The van der Waals surface area contributed by atoms with E-state index in [2.05, 4.69) is 20.1 Å². The summed E-state index contributed by atoms with van der Waals surface area (Å²) < 4.78 is 2.09. The molecule has 3 N–H and O–H groups in total. The maximum Gasteiger partial charge on any atom is 0.253 e. The number of rotatable bonds is 3. The molecule has 1 aromatic heterocycles. The lowest BCUT2D eigenvalue weighted by Gasteiger charge is -2.15. The largest absolute Gasteiger partial charge is 0.398 e. The van der Waals surface area contributed by atoms with Crippen LogP contribution in [0, 0.1) is 6.92 Å². The fourth-order valence-electron chi connectivity index (χ4n) is 2.70. The number of carbonyl (C=O) groups is 1. The highest BCUT2D eigenvalue weighted by atomic mass is 16.1. The van der Waals surface area contributed by atoms with Gasteiger partial charge in [0.25, 0.3) is 5.91 Å². The van der Waals surface area contributed by atoms with E-state index >= 15 is 0 Å². The second-order valence-corrected chi connectivity index (χ2v) is 5.52. The van der Waals surface area contributed by atoms with Crippen molar-refractivity contribution in [3.05, 3.63) is 41.0 Å². The van der Waals surface area contributed by atoms with Crippen LogP contribution < -0.4 is 11.1 Å². The van der Waals surface area contributed by atoms with Gasteiger partial charge in [-0.25, -0.2) is 0 Å². The third-order valence-electron chi connectivity index (χ3n) is 3.83. The minimum atomic E-state index is -0.197. The minimum absolute atomic E-state index is 0.181. The van der Waals surface area contributed by atoms with Crippen LogP contribution in [0.4, 0.5) is 5.69 Å². The molecule has 0 aliphatic carbocycles. The molecule has 0 saturated carbocycles. The summed E-state index contributed by atoms with van der Waals surface area (Å²) in [5, 5.41) is 11.3. The third kappa shape index (κ3) is 2.49. The molecule has 0 saturated heterocycles. The monoisotopic (exact) mass is 285 g/mol. The number of nitrogens with zero attached hydrogens (tertiary/aromatic N) is 3. The Morgan fingerprint density at radius 3 is 3.05 bits per heavy atom. The zero-order chi connectivity index (χ0) is 15.0. The number of nitrogens with one attached hydrogen (secondary N) is 1. The number of fused-ring (bicyclic) bond motifs is 1. The van der Waals surface area contributed by atoms with E-state index in [4.69, 9.17) is 5.73 Å². The van der Waals surface area contributed by atoms with E-state index in [9.17, 15) is 4.79 Å². The highest BCUT2D eigenvalue weighted by Gasteiger charge is 2.23. The Kier molecular flexibility index (Phi) is 3.37.